The Balaban J connectivity index is 1.86. The zero-order valence-electron chi connectivity index (χ0n) is 11.1. The normalized spacial score (nSPS) is 21.0. The van der Waals surface area contributed by atoms with Gasteiger partial charge in [0.2, 0.25) is 11.8 Å². The van der Waals surface area contributed by atoms with Crippen LogP contribution in [-0.4, -0.2) is 22.8 Å². The highest BCUT2D eigenvalue weighted by atomic mass is 32.1. The van der Waals surface area contributed by atoms with E-state index >= 15 is 0 Å². The van der Waals surface area contributed by atoms with Crippen molar-refractivity contribution in [1.82, 2.24) is 5.32 Å². The molecular weight excluding hydrogens is 284 g/mol. The number of anilines is 1. The second-order valence-corrected chi connectivity index (χ2v) is 5.71. The Labute approximate surface area is 126 Å². The van der Waals surface area contributed by atoms with Crippen LogP contribution in [0.2, 0.25) is 0 Å². The van der Waals surface area contributed by atoms with E-state index in [2.05, 4.69) is 5.32 Å². The Bertz CT molecular complexity index is 810. The quantitative estimate of drug-likeness (QED) is 0.647. The minimum atomic E-state index is -0.409. The van der Waals surface area contributed by atoms with Crippen molar-refractivity contribution in [3.8, 4) is 0 Å². The van der Waals surface area contributed by atoms with E-state index in [0.29, 0.717) is 17.8 Å². The molecule has 5 heteroatoms. The smallest absolute Gasteiger partial charge is 0.249 e. The van der Waals surface area contributed by atoms with Crippen LogP contribution in [0.15, 0.2) is 36.4 Å². The molecule has 1 unspecified atom stereocenters. The molecule has 0 bridgehead atoms. The number of benzene rings is 2. The SMILES string of the molecule is O=C1CCC(N2C(=S)c3cccc4cccc2c34)C(=O)N1. The Morgan fingerprint density at radius 2 is 1.90 bits per heavy atom. The van der Waals surface area contributed by atoms with Gasteiger partial charge in [0.1, 0.15) is 11.0 Å². The van der Waals surface area contributed by atoms with Gasteiger partial charge in [-0.15, -0.1) is 0 Å². The number of amides is 2. The summed E-state index contributed by atoms with van der Waals surface area (Å²) in [6.45, 7) is 0. The highest BCUT2D eigenvalue weighted by Gasteiger charge is 2.38. The molecule has 0 aliphatic carbocycles. The summed E-state index contributed by atoms with van der Waals surface area (Å²) in [6.07, 6.45) is 0.844. The molecule has 21 heavy (non-hydrogen) atoms. The molecule has 2 aliphatic rings. The zero-order chi connectivity index (χ0) is 14.6. The maximum absolute atomic E-state index is 12.2. The molecular formula is C16H12N2O2S. The van der Waals surface area contributed by atoms with Gasteiger partial charge in [-0.3, -0.25) is 14.9 Å². The first-order valence-corrected chi connectivity index (χ1v) is 7.26. The average molecular weight is 296 g/mol. The summed E-state index contributed by atoms with van der Waals surface area (Å²) >= 11 is 5.58. The van der Waals surface area contributed by atoms with E-state index in [-0.39, 0.29) is 11.8 Å². The second kappa shape index (κ2) is 4.36. The van der Waals surface area contributed by atoms with Crippen molar-refractivity contribution in [1.29, 1.82) is 0 Å². The van der Waals surface area contributed by atoms with Crippen LogP contribution in [0.1, 0.15) is 18.4 Å². The van der Waals surface area contributed by atoms with E-state index in [1.54, 1.807) is 0 Å². The fourth-order valence-corrected chi connectivity index (χ4v) is 3.57. The molecule has 0 spiro atoms. The molecule has 0 aromatic heterocycles. The van der Waals surface area contributed by atoms with Gasteiger partial charge in [0, 0.05) is 17.4 Å². The number of nitrogens with zero attached hydrogens (tertiary/aromatic N) is 1. The van der Waals surface area contributed by atoms with Crippen LogP contribution in [-0.2, 0) is 9.59 Å². The summed E-state index contributed by atoms with van der Waals surface area (Å²) in [7, 11) is 0. The number of nitrogens with one attached hydrogen (secondary N) is 1. The van der Waals surface area contributed by atoms with Crippen LogP contribution in [0.3, 0.4) is 0 Å². The van der Waals surface area contributed by atoms with E-state index in [1.165, 1.54) is 0 Å². The standard InChI is InChI=1S/C16H12N2O2S/c19-13-8-7-12(15(20)17-13)18-11-6-2-4-9-3-1-5-10(14(9)11)16(18)21/h1-6,12H,7-8H2,(H,17,19,20). The zero-order valence-corrected chi connectivity index (χ0v) is 11.9. The molecule has 104 valence electrons. The molecule has 1 fully saturated rings. The Hall–Kier alpha value is -2.27. The highest BCUT2D eigenvalue weighted by Crippen LogP contribution is 2.39. The molecule has 1 N–H and O–H groups in total. The first kappa shape index (κ1) is 12.5. The molecule has 0 radical (unpaired) electrons. The molecule has 1 atom stereocenters. The number of carbonyl (C=O) groups excluding carboxylic acids is 2. The maximum Gasteiger partial charge on any atom is 0.249 e. The van der Waals surface area contributed by atoms with Gasteiger partial charge in [-0.25, -0.2) is 0 Å². The van der Waals surface area contributed by atoms with Crippen molar-refractivity contribution in [2.24, 2.45) is 0 Å². The van der Waals surface area contributed by atoms with E-state index in [4.69, 9.17) is 12.2 Å². The van der Waals surface area contributed by atoms with Crippen molar-refractivity contribution < 1.29 is 9.59 Å². The molecule has 2 aromatic carbocycles. The van der Waals surface area contributed by atoms with Crippen LogP contribution >= 0.6 is 12.2 Å². The molecule has 2 aromatic rings. The number of thiocarbonyl (C=S) groups is 1. The van der Waals surface area contributed by atoms with Crippen LogP contribution in [0, 0.1) is 0 Å². The van der Waals surface area contributed by atoms with Crippen molar-refractivity contribution in [2.45, 2.75) is 18.9 Å². The summed E-state index contributed by atoms with van der Waals surface area (Å²) < 4.78 is 0. The molecule has 1 saturated heterocycles. The van der Waals surface area contributed by atoms with E-state index in [9.17, 15) is 9.59 Å². The number of rotatable bonds is 1. The summed E-state index contributed by atoms with van der Waals surface area (Å²) in [4.78, 5) is 26.1. The van der Waals surface area contributed by atoms with Crippen LogP contribution in [0.5, 0.6) is 0 Å². The number of carbonyl (C=O) groups is 2. The first-order chi connectivity index (χ1) is 10.2. The van der Waals surface area contributed by atoms with Crippen molar-refractivity contribution in [3.05, 3.63) is 42.0 Å². The van der Waals surface area contributed by atoms with Gasteiger partial charge >= 0.3 is 0 Å². The Morgan fingerprint density at radius 3 is 2.67 bits per heavy atom. The largest absolute Gasteiger partial charge is 0.319 e. The minimum absolute atomic E-state index is 0.211. The minimum Gasteiger partial charge on any atom is -0.319 e. The van der Waals surface area contributed by atoms with Gasteiger partial charge in [-0.1, -0.05) is 42.5 Å². The Kier molecular flexibility index (Phi) is 2.59. The van der Waals surface area contributed by atoms with Gasteiger partial charge in [0.25, 0.3) is 0 Å². The van der Waals surface area contributed by atoms with Crippen molar-refractivity contribution in [3.63, 3.8) is 0 Å². The van der Waals surface area contributed by atoms with E-state index in [1.807, 2.05) is 41.3 Å². The monoisotopic (exact) mass is 296 g/mol. The fraction of sp³-hybridized carbons (Fsp3) is 0.188. The molecule has 2 heterocycles. The van der Waals surface area contributed by atoms with Gasteiger partial charge in [0.05, 0.1) is 5.69 Å². The average Bonchev–Trinajstić information content (AvgIpc) is 2.75. The number of imide groups is 1. The van der Waals surface area contributed by atoms with Crippen molar-refractivity contribution in [2.75, 3.05) is 4.90 Å². The van der Waals surface area contributed by atoms with Gasteiger partial charge < -0.3 is 4.90 Å². The van der Waals surface area contributed by atoms with E-state index < -0.39 is 6.04 Å². The number of hydrogen-bond donors (Lipinski definition) is 1. The predicted molar refractivity (Wildman–Crippen MR) is 84.3 cm³/mol. The summed E-state index contributed by atoms with van der Waals surface area (Å²) in [5, 5.41) is 4.61. The van der Waals surface area contributed by atoms with Gasteiger partial charge in [-0.05, 0) is 17.9 Å². The van der Waals surface area contributed by atoms with Crippen LogP contribution < -0.4 is 10.2 Å². The predicted octanol–water partition coefficient (Wildman–Crippen LogP) is 2.14. The third-order valence-corrected chi connectivity index (χ3v) is 4.53. The lowest BCUT2D eigenvalue weighted by molar-refractivity contribution is -0.133. The topological polar surface area (TPSA) is 49.4 Å². The lowest BCUT2D eigenvalue weighted by Crippen LogP contribution is -2.53. The summed E-state index contributed by atoms with van der Waals surface area (Å²) in [6, 6.07) is 11.6. The third-order valence-electron chi connectivity index (χ3n) is 4.11. The van der Waals surface area contributed by atoms with Crippen LogP contribution in [0.25, 0.3) is 10.8 Å². The number of piperidine rings is 1. The Morgan fingerprint density at radius 1 is 1.14 bits per heavy atom. The van der Waals surface area contributed by atoms with Crippen molar-refractivity contribution >= 4 is 45.5 Å². The maximum atomic E-state index is 12.2. The lowest BCUT2D eigenvalue weighted by atomic mass is 10.0. The highest BCUT2D eigenvalue weighted by molar-refractivity contribution is 7.81. The summed E-state index contributed by atoms with van der Waals surface area (Å²) in [5.74, 6) is -0.476. The summed E-state index contributed by atoms with van der Waals surface area (Å²) in [5.41, 5.74) is 1.95. The molecule has 4 nitrogen and oxygen atoms in total. The fourth-order valence-electron chi connectivity index (χ4n) is 3.18. The molecule has 2 amide bonds. The molecule has 2 aliphatic heterocycles. The van der Waals surface area contributed by atoms with Crippen LogP contribution in [0.4, 0.5) is 5.69 Å². The van der Waals surface area contributed by atoms with Gasteiger partial charge in [-0.2, -0.15) is 0 Å². The van der Waals surface area contributed by atoms with Gasteiger partial charge in [0.15, 0.2) is 0 Å². The second-order valence-electron chi connectivity index (χ2n) is 5.32. The molecule has 0 saturated carbocycles. The first-order valence-electron chi connectivity index (χ1n) is 6.86. The molecule has 4 rings (SSSR count). The lowest BCUT2D eigenvalue weighted by Gasteiger charge is -2.31. The van der Waals surface area contributed by atoms with E-state index in [0.717, 1.165) is 22.0 Å². The number of hydrogen-bond acceptors (Lipinski definition) is 3. The third kappa shape index (κ3) is 1.70.